The van der Waals surface area contributed by atoms with Gasteiger partial charge in [0.2, 0.25) is 0 Å². The van der Waals surface area contributed by atoms with Gasteiger partial charge in [-0.05, 0) is 50.9 Å². The summed E-state index contributed by atoms with van der Waals surface area (Å²) in [6, 6.07) is 5.67. The molecule has 0 amide bonds. The molecule has 0 saturated carbocycles. The number of hydrogen-bond acceptors (Lipinski definition) is 3. The Kier molecular flexibility index (Phi) is 3.94. The average Bonchev–Trinajstić information content (AvgIpc) is 3.08. The van der Waals surface area contributed by atoms with Crippen molar-refractivity contribution in [2.45, 2.75) is 25.3 Å². The van der Waals surface area contributed by atoms with E-state index in [1.807, 2.05) is 6.07 Å². The lowest BCUT2D eigenvalue weighted by Crippen LogP contribution is -2.25. The quantitative estimate of drug-likeness (QED) is 0.920. The molecule has 0 aliphatic carbocycles. The minimum absolute atomic E-state index is 0.0658. The van der Waals surface area contributed by atoms with Crippen molar-refractivity contribution >= 4 is 5.69 Å². The van der Waals surface area contributed by atoms with Crippen molar-refractivity contribution in [3.05, 3.63) is 29.6 Å². The SMILES string of the molecule is CN1CC(CN)CC1c1c(F)cccc1N1CCCC1. The number of halogens is 1. The van der Waals surface area contributed by atoms with E-state index in [-0.39, 0.29) is 11.9 Å². The number of anilines is 1. The van der Waals surface area contributed by atoms with Gasteiger partial charge in [-0.25, -0.2) is 4.39 Å². The summed E-state index contributed by atoms with van der Waals surface area (Å²) in [6.45, 7) is 3.75. The Balaban J connectivity index is 1.95. The maximum absolute atomic E-state index is 14.5. The van der Waals surface area contributed by atoms with Crippen molar-refractivity contribution in [1.82, 2.24) is 4.90 Å². The van der Waals surface area contributed by atoms with Crippen molar-refractivity contribution in [1.29, 1.82) is 0 Å². The van der Waals surface area contributed by atoms with Gasteiger partial charge in [0, 0.05) is 36.9 Å². The molecule has 2 heterocycles. The van der Waals surface area contributed by atoms with Crippen LogP contribution in [-0.2, 0) is 0 Å². The van der Waals surface area contributed by atoms with E-state index in [2.05, 4.69) is 22.9 Å². The van der Waals surface area contributed by atoms with Gasteiger partial charge in [-0.1, -0.05) is 6.07 Å². The molecular formula is C16H24FN3. The molecule has 4 heteroatoms. The highest BCUT2D eigenvalue weighted by Gasteiger charge is 2.34. The molecule has 2 atom stereocenters. The zero-order valence-corrected chi connectivity index (χ0v) is 12.2. The minimum Gasteiger partial charge on any atom is -0.371 e. The molecule has 2 aliphatic heterocycles. The van der Waals surface area contributed by atoms with E-state index < -0.39 is 0 Å². The molecule has 2 aliphatic rings. The van der Waals surface area contributed by atoms with E-state index >= 15 is 0 Å². The van der Waals surface area contributed by atoms with Crippen molar-refractivity contribution < 1.29 is 4.39 Å². The van der Waals surface area contributed by atoms with Gasteiger partial charge in [-0.2, -0.15) is 0 Å². The Bertz CT molecular complexity index is 471. The molecule has 2 saturated heterocycles. The summed E-state index contributed by atoms with van der Waals surface area (Å²) in [4.78, 5) is 4.59. The number of benzene rings is 1. The maximum Gasteiger partial charge on any atom is 0.130 e. The molecule has 2 unspecified atom stereocenters. The molecule has 0 bridgehead atoms. The molecule has 110 valence electrons. The lowest BCUT2D eigenvalue weighted by molar-refractivity contribution is 0.307. The summed E-state index contributed by atoms with van der Waals surface area (Å²) >= 11 is 0. The Morgan fingerprint density at radius 2 is 2.05 bits per heavy atom. The number of nitrogens with two attached hydrogens (primary N) is 1. The van der Waals surface area contributed by atoms with Gasteiger partial charge in [-0.3, -0.25) is 4.90 Å². The predicted octanol–water partition coefficient (Wildman–Crippen LogP) is 2.38. The van der Waals surface area contributed by atoms with Gasteiger partial charge in [0.05, 0.1) is 0 Å². The highest BCUT2D eigenvalue weighted by Crippen LogP contribution is 2.40. The van der Waals surface area contributed by atoms with Gasteiger partial charge < -0.3 is 10.6 Å². The van der Waals surface area contributed by atoms with E-state index in [4.69, 9.17) is 5.73 Å². The van der Waals surface area contributed by atoms with Crippen LogP contribution in [0.2, 0.25) is 0 Å². The molecule has 0 radical (unpaired) electrons. The molecule has 1 aromatic rings. The first-order chi connectivity index (χ1) is 9.70. The lowest BCUT2D eigenvalue weighted by atomic mass is 9.97. The number of rotatable bonds is 3. The highest BCUT2D eigenvalue weighted by atomic mass is 19.1. The fraction of sp³-hybridized carbons (Fsp3) is 0.625. The fourth-order valence-corrected chi connectivity index (χ4v) is 3.70. The Morgan fingerprint density at radius 3 is 2.70 bits per heavy atom. The Morgan fingerprint density at radius 1 is 1.30 bits per heavy atom. The van der Waals surface area contributed by atoms with E-state index in [1.165, 1.54) is 12.8 Å². The summed E-state index contributed by atoms with van der Waals surface area (Å²) in [5, 5.41) is 0. The lowest BCUT2D eigenvalue weighted by Gasteiger charge is -2.28. The zero-order valence-electron chi connectivity index (χ0n) is 12.2. The molecule has 1 aromatic carbocycles. The summed E-state index contributed by atoms with van der Waals surface area (Å²) < 4.78 is 14.5. The van der Waals surface area contributed by atoms with E-state index in [0.29, 0.717) is 12.5 Å². The normalized spacial score (nSPS) is 27.4. The van der Waals surface area contributed by atoms with Gasteiger partial charge in [0.25, 0.3) is 0 Å². The first kappa shape index (κ1) is 13.8. The molecule has 2 N–H and O–H groups in total. The van der Waals surface area contributed by atoms with E-state index in [0.717, 1.165) is 37.3 Å². The second-order valence-corrected chi connectivity index (χ2v) is 6.16. The Hall–Kier alpha value is -1.13. The van der Waals surface area contributed by atoms with Gasteiger partial charge in [-0.15, -0.1) is 0 Å². The third kappa shape index (κ3) is 2.42. The van der Waals surface area contributed by atoms with Gasteiger partial charge in [0.15, 0.2) is 0 Å². The van der Waals surface area contributed by atoms with Gasteiger partial charge in [0.1, 0.15) is 5.82 Å². The second-order valence-electron chi connectivity index (χ2n) is 6.16. The summed E-state index contributed by atoms with van der Waals surface area (Å²) in [7, 11) is 2.08. The molecule has 0 aromatic heterocycles. The number of likely N-dealkylation sites (tertiary alicyclic amines) is 1. The van der Waals surface area contributed by atoms with Crippen molar-refractivity contribution in [3.8, 4) is 0 Å². The van der Waals surface area contributed by atoms with Crippen LogP contribution in [0.25, 0.3) is 0 Å². The van der Waals surface area contributed by atoms with Crippen molar-refractivity contribution in [3.63, 3.8) is 0 Å². The molecular weight excluding hydrogens is 253 g/mol. The van der Waals surface area contributed by atoms with Crippen molar-refractivity contribution in [2.75, 3.05) is 38.1 Å². The van der Waals surface area contributed by atoms with Crippen LogP contribution in [0.15, 0.2) is 18.2 Å². The predicted molar refractivity (Wildman–Crippen MR) is 80.4 cm³/mol. The number of hydrogen-bond donors (Lipinski definition) is 1. The molecule has 3 rings (SSSR count). The largest absolute Gasteiger partial charge is 0.371 e. The van der Waals surface area contributed by atoms with Crippen molar-refractivity contribution in [2.24, 2.45) is 11.7 Å². The average molecular weight is 277 g/mol. The summed E-state index contributed by atoms with van der Waals surface area (Å²) in [5.41, 5.74) is 7.78. The van der Waals surface area contributed by atoms with Crippen LogP contribution in [0.1, 0.15) is 30.9 Å². The molecule has 3 nitrogen and oxygen atoms in total. The molecule has 2 fully saturated rings. The first-order valence-electron chi connectivity index (χ1n) is 7.64. The van der Waals surface area contributed by atoms with Crippen LogP contribution in [-0.4, -0.2) is 38.1 Å². The van der Waals surface area contributed by atoms with Crippen LogP contribution < -0.4 is 10.6 Å². The van der Waals surface area contributed by atoms with Crippen LogP contribution in [0, 0.1) is 11.7 Å². The monoisotopic (exact) mass is 277 g/mol. The first-order valence-corrected chi connectivity index (χ1v) is 7.64. The van der Waals surface area contributed by atoms with E-state index in [1.54, 1.807) is 6.07 Å². The third-order valence-corrected chi connectivity index (χ3v) is 4.78. The third-order valence-electron chi connectivity index (χ3n) is 4.78. The molecule has 0 spiro atoms. The smallest absolute Gasteiger partial charge is 0.130 e. The standard InChI is InChI=1S/C16H24FN3/c1-19-11-12(10-18)9-15(19)16-13(17)5-4-6-14(16)20-7-2-3-8-20/h4-6,12,15H,2-3,7-11,18H2,1H3. The highest BCUT2D eigenvalue weighted by molar-refractivity contribution is 5.56. The van der Waals surface area contributed by atoms with Crippen LogP contribution in [0.5, 0.6) is 0 Å². The van der Waals surface area contributed by atoms with Crippen LogP contribution in [0.3, 0.4) is 0 Å². The Labute approximate surface area is 120 Å². The maximum atomic E-state index is 14.5. The molecule has 20 heavy (non-hydrogen) atoms. The topological polar surface area (TPSA) is 32.5 Å². The fourth-order valence-electron chi connectivity index (χ4n) is 3.70. The zero-order chi connectivity index (χ0) is 14.1. The van der Waals surface area contributed by atoms with Crippen LogP contribution in [0.4, 0.5) is 10.1 Å². The second kappa shape index (κ2) is 5.70. The van der Waals surface area contributed by atoms with E-state index in [9.17, 15) is 4.39 Å². The summed E-state index contributed by atoms with van der Waals surface area (Å²) in [6.07, 6.45) is 3.39. The van der Waals surface area contributed by atoms with Crippen LogP contribution >= 0.6 is 0 Å². The summed E-state index contributed by atoms with van der Waals surface area (Å²) in [5.74, 6) is 0.417. The minimum atomic E-state index is -0.0658. The van der Waals surface area contributed by atoms with Gasteiger partial charge >= 0.3 is 0 Å². The number of nitrogens with zero attached hydrogens (tertiary/aromatic N) is 2.